The van der Waals surface area contributed by atoms with Gasteiger partial charge in [-0.2, -0.15) is 4.98 Å². The van der Waals surface area contributed by atoms with Crippen LogP contribution in [0.4, 0.5) is 5.82 Å². The predicted octanol–water partition coefficient (Wildman–Crippen LogP) is 1.61. The van der Waals surface area contributed by atoms with E-state index in [1.165, 1.54) is 4.88 Å². The first-order valence-electron chi connectivity index (χ1n) is 9.97. The third-order valence-electron chi connectivity index (χ3n) is 5.99. The zero-order chi connectivity index (χ0) is 20.0. The minimum atomic E-state index is 0.0790. The number of anilines is 1. The predicted molar refractivity (Wildman–Crippen MR) is 112 cm³/mol. The summed E-state index contributed by atoms with van der Waals surface area (Å²) in [5.74, 6) is 0.990. The molecule has 0 N–H and O–H groups in total. The smallest absolute Gasteiger partial charge is 0.248 e. The lowest BCUT2D eigenvalue weighted by Gasteiger charge is -2.45. The summed E-state index contributed by atoms with van der Waals surface area (Å²) in [5, 5.41) is 0.285. The second-order valence-corrected chi connectivity index (χ2v) is 9.26. The summed E-state index contributed by atoms with van der Waals surface area (Å²) in [7, 11) is 1.89. The molecule has 0 spiro atoms. The first kappa shape index (κ1) is 19.4. The van der Waals surface area contributed by atoms with Gasteiger partial charge in [-0.25, -0.2) is 4.98 Å². The SMILES string of the molecule is CN1C(=O)CO[C@@H]2CN(Cc3cc4nc(Cl)nc(N5CCOCC5)c4s3)CCC21. The molecule has 2 aromatic heterocycles. The number of hydrogen-bond acceptors (Lipinski definition) is 8. The largest absolute Gasteiger partial charge is 0.378 e. The van der Waals surface area contributed by atoms with Gasteiger partial charge in [0.15, 0.2) is 5.82 Å². The van der Waals surface area contributed by atoms with Crippen molar-refractivity contribution in [3.8, 4) is 0 Å². The van der Waals surface area contributed by atoms with Crippen LogP contribution in [0.15, 0.2) is 6.07 Å². The van der Waals surface area contributed by atoms with Crippen molar-refractivity contribution in [1.29, 1.82) is 0 Å². The van der Waals surface area contributed by atoms with Crippen molar-refractivity contribution >= 4 is 44.9 Å². The van der Waals surface area contributed by atoms with E-state index in [-0.39, 0.29) is 29.9 Å². The van der Waals surface area contributed by atoms with Gasteiger partial charge in [-0.3, -0.25) is 9.69 Å². The number of aromatic nitrogens is 2. The van der Waals surface area contributed by atoms with Crippen LogP contribution >= 0.6 is 22.9 Å². The monoisotopic (exact) mass is 437 g/mol. The summed E-state index contributed by atoms with van der Waals surface area (Å²) in [4.78, 5) is 28.6. The summed E-state index contributed by atoms with van der Waals surface area (Å²) in [5.41, 5.74) is 0.903. The third-order valence-corrected chi connectivity index (χ3v) is 7.26. The molecule has 1 amide bonds. The van der Waals surface area contributed by atoms with Crippen molar-refractivity contribution in [1.82, 2.24) is 19.8 Å². The van der Waals surface area contributed by atoms with Gasteiger partial charge in [0.2, 0.25) is 11.2 Å². The second kappa shape index (κ2) is 7.96. The Labute approximate surface area is 178 Å². The molecule has 3 aliphatic rings. The molecule has 2 aromatic rings. The number of likely N-dealkylation sites (N-methyl/N-ethyl adjacent to an activating group) is 1. The van der Waals surface area contributed by atoms with Gasteiger partial charge in [0.25, 0.3) is 0 Å². The van der Waals surface area contributed by atoms with Crippen LogP contribution in [0.25, 0.3) is 10.2 Å². The van der Waals surface area contributed by atoms with Crippen molar-refractivity contribution in [3.63, 3.8) is 0 Å². The Balaban J connectivity index is 1.34. The van der Waals surface area contributed by atoms with Crippen molar-refractivity contribution in [2.24, 2.45) is 0 Å². The topological polar surface area (TPSA) is 71.0 Å². The molecule has 5 rings (SSSR count). The van der Waals surface area contributed by atoms with Crippen LogP contribution in [0.2, 0.25) is 5.28 Å². The van der Waals surface area contributed by atoms with E-state index in [1.54, 1.807) is 11.3 Å². The van der Waals surface area contributed by atoms with E-state index >= 15 is 0 Å². The van der Waals surface area contributed by atoms with Crippen LogP contribution in [-0.2, 0) is 20.8 Å². The molecular formula is C19H24ClN5O3S. The number of ether oxygens (including phenoxy) is 2. The van der Waals surface area contributed by atoms with Gasteiger partial charge in [-0.1, -0.05) is 0 Å². The number of likely N-dealkylation sites (tertiary alicyclic amines) is 1. The van der Waals surface area contributed by atoms with Crippen molar-refractivity contribution in [2.45, 2.75) is 25.1 Å². The van der Waals surface area contributed by atoms with E-state index in [1.807, 2.05) is 11.9 Å². The van der Waals surface area contributed by atoms with E-state index in [9.17, 15) is 4.79 Å². The highest BCUT2D eigenvalue weighted by Crippen LogP contribution is 2.34. The Morgan fingerprint density at radius 3 is 2.93 bits per heavy atom. The van der Waals surface area contributed by atoms with Crippen molar-refractivity contribution in [2.75, 3.05) is 57.9 Å². The van der Waals surface area contributed by atoms with Gasteiger partial charge in [-0.15, -0.1) is 11.3 Å². The Morgan fingerprint density at radius 2 is 2.10 bits per heavy atom. The molecular weight excluding hydrogens is 414 g/mol. The highest BCUT2D eigenvalue weighted by atomic mass is 35.5. The van der Waals surface area contributed by atoms with Crippen LogP contribution in [0, 0.1) is 0 Å². The molecule has 3 aliphatic heterocycles. The number of piperidine rings is 1. The fourth-order valence-corrected chi connectivity index (χ4v) is 5.73. The fraction of sp³-hybridized carbons (Fsp3) is 0.632. The maximum absolute atomic E-state index is 11.9. The van der Waals surface area contributed by atoms with Gasteiger partial charge >= 0.3 is 0 Å². The molecule has 2 atom stereocenters. The fourth-order valence-electron chi connectivity index (χ4n) is 4.41. The average molecular weight is 438 g/mol. The minimum absolute atomic E-state index is 0.0790. The maximum Gasteiger partial charge on any atom is 0.248 e. The molecule has 0 radical (unpaired) electrons. The highest BCUT2D eigenvalue weighted by molar-refractivity contribution is 7.19. The summed E-state index contributed by atoms with van der Waals surface area (Å²) in [6.07, 6.45) is 1.02. The van der Waals surface area contributed by atoms with Gasteiger partial charge in [0.05, 0.1) is 35.6 Å². The number of amides is 1. The summed E-state index contributed by atoms with van der Waals surface area (Å²) in [6, 6.07) is 2.31. The molecule has 10 heteroatoms. The molecule has 0 bridgehead atoms. The van der Waals surface area contributed by atoms with Crippen LogP contribution in [0.5, 0.6) is 0 Å². The van der Waals surface area contributed by atoms with E-state index in [0.717, 1.165) is 55.2 Å². The molecule has 3 fully saturated rings. The van der Waals surface area contributed by atoms with Crippen molar-refractivity contribution < 1.29 is 14.3 Å². The van der Waals surface area contributed by atoms with E-state index < -0.39 is 0 Å². The maximum atomic E-state index is 11.9. The number of nitrogens with zero attached hydrogens (tertiary/aromatic N) is 5. The molecule has 8 nitrogen and oxygen atoms in total. The van der Waals surface area contributed by atoms with Crippen LogP contribution in [0.3, 0.4) is 0 Å². The zero-order valence-electron chi connectivity index (χ0n) is 16.3. The Hall–Kier alpha value is -1.52. The molecule has 156 valence electrons. The number of halogens is 1. The summed E-state index contributed by atoms with van der Waals surface area (Å²) in [6.45, 7) is 5.83. The molecule has 29 heavy (non-hydrogen) atoms. The van der Waals surface area contributed by atoms with Crippen LogP contribution < -0.4 is 4.90 Å². The Kier molecular flexibility index (Phi) is 5.34. The molecule has 3 saturated heterocycles. The zero-order valence-corrected chi connectivity index (χ0v) is 17.9. The average Bonchev–Trinajstić information content (AvgIpc) is 3.13. The van der Waals surface area contributed by atoms with E-state index in [0.29, 0.717) is 13.2 Å². The number of carbonyl (C=O) groups is 1. The lowest BCUT2D eigenvalue weighted by molar-refractivity contribution is -0.160. The number of hydrogen-bond donors (Lipinski definition) is 0. The summed E-state index contributed by atoms with van der Waals surface area (Å²) >= 11 is 7.95. The number of morpholine rings is 2. The first-order chi connectivity index (χ1) is 14.1. The van der Waals surface area contributed by atoms with Gasteiger partial charge in [0, 0.05) is 44.6 Å². The Bertz CT molecular complexity index is 919. The summed E-state index contributed by atoms with van der Waals surface area (Å²) < 4.78 is 12.4. The lowest BCUT2D eigenvalue weighted by atomic mass is 9.98. The van der Waals surface area contributed by atoms with Gasteiger partial charge in [0.1, 0.15) is 6.61 Å². The normalized spacial score (nSPS) is 26.2. The first-order valence-corrected chi connectivity index (χ1v) is 11.2. The molecule has 1 unspecified atom stereocenters. The number of fused-ring (bicyclic) bond motifs is 2. The lowest BCUT2D eigenvalue weighted by Crippen LogP contribution is -2.59. The van der Waals surface area contributed by atoms with Crippen molar-refractivity contribution in [3.05, 3.63) is 16.2 Å². The molecule has 0 saturated carbocycles. The Morgan fingerprint density at radius 1 is 1.28 bits per heavy atom. The van der Waals surface area contributed by atoms with Gasteiger partial charge < -0.3 is 19.3 Å². The van der Waals surface area contributed by atoms with E-state index in [2.05, 4.69) is 25.8 Å². The number of carbonyl (C=O) groups excluding carboxylic acids is 1. The quantitative estimate of drug-likeness (QED) is 0.675. The third kappa shape index (κ3) is 3.82. The highest BCUT2D eigenvalue weighted by Gasteiger charge is 2.38. The standard InChI is InChI=1S/C19H24ClN5O3S/c1-23-14-2-3-24(10-15(14)28-11-16(23)26)9-12-8-13-17(29-12)18(22-19(20)21-13)25-4-6-27-7-5-25/h8,14-15H,2-7,9-11H2,1H3/t14?,15-/m1/s1. The number of thiophene rings is 1. The molecule has 0 aromatic carbocycles. The van der Waals surface area contributed by atoms with E-state index in [4.69, 9.17) is 21.1 Å². The number of rotatable bonds is 3. The van der Waals surface area contributed by atoms with Crippen LogP contribution in [-0.4, -0.2) is 90.9 Å². The van der Waals surface area contributed by atoms with Crippen LogP contribution in [0.1, 0.15) is 11.3 Å². The van der Waals surface area contributed by atoms with Gasteiger partial charge in [-0.05, 0) is 24.1 Å². The molecule has 0 aliphatic carbocycles. The second-order valence-electron chi connectivity index (χ2n) is 7.79. The minimum Gasteiger partial charge on any atom is -0.378 e. The molecule has 5 heterocycles.